The number of aliphatic hydroxyl groups excluding tert-OH is 4. The van der Waals surface area contributed by atoms with Crippen molar-refractivity contribution >= 4 is 11.9 Å². The summed E-state index contributed by atoms with van der Waals surface area (Å²) in [5.41, 5.74) is 0. The first-order valence-corrected chi connectivity index (χ1v) is 7.83. The molecular formula is C15H26O13. The average molecular weight is 414 g/mol. The lowest BCUT2D eigenvalue weighted by molar-refractivity contribution is -0.349. The number of hydrogen-bond donors (Lipinski definition) is 6. The van der Waals surface area contributed by atoms with Crippen molar-refractivity contribution in [2.45, 2.75) is 68.8 Å². The van der Waals surface area contributed by atoms with Crippen molar-refractivity contribution in [3.05, 3.63) is 0 Å². The van der Waals surface area contributed by atoms with Gasteiger partial charge in [-0.05, 0) is 0 Å². The fraction of sp³-hybridized carbons (Fsp3) is 0.867. The Labute approximate surface area is 159 Å². The maximum atomic E-state index is 11.4. The Balaban J connectivity index is 0.00000392. The predicted molar refractivity (Wildman–Crippen MR) is 86.0 cm³/mol. The van der Waals surface area contributed by atoms with Crippen LogP contribution in [0.15, 0.2) is 0 Å². The third kappa shape index (κ3) is 4.59. The van der Waals surface area contributed by atoms with Crippen LogP contribution in [0.4, 0.5) is 0 Å². The van der Waals surface area contributed by atoms with E-state index in [1.54, 1.807) is 0 Å². The standard InChI is InChI=1S/C14H22O13.CH4/c1-23-7-3(15)6(18)14(27-9(7)11(19)20)25-8-4(16)5(17)13(24-2)26-10(8)12(21)22;/h3-10,13-18H,1-2H3,(H,19,20)(H,21,22);1H4/t3-,4-,5?,6?,7+,8-,9?,10?,13+,14+;/m0./s1. The van der Waals surface area contributed by atoms with Crippen LogP contribution in [-0.2, 0) is 33.3 Å². The Kier molecular flexibility index (Phi) is 8.67. The van der Waals surface area contributed by atoms with E-state index in [1.165, 1.54) is 0 Å². The quantitative estimate of drug-likeness (QED) is 0.253. The highest BCUT2D eigenvalue weighted by Gasteiger charge is 2.54. The minimum Gasteiger partial charge on any atom is -0.479 e. The van der Waals surface area contributed by atoms with Crippen LogP contribution < -0.4 is 0 Å². The second-order valence-corrected chi connectivity index (χ2v) is 6.03. The van der Waals surface area contributed by atoms with E-state index >= 15 is 0 Å². The molecule has 2 heterocycles. The largest absolute Gasteiger partial charge is 0.479 e. The lowest BCUT2D eigenvalue weighted by atomic mass is 9.96. The van der Waals surface area contributed by atoms with E-state index in [-0.39, 0.29) is 7.43 Å². The maximum absolute atomic E-state index is 11.4. The Morgan fingerprint density at radius 2 is 1.14 bits per heavy atom. The molecule has 0 saturated carbocycles. The third-order valence-corrected chi connectivity index (χ3v) is 4.37. The van der Waals surface area contributed by atoms with Gasteiger partial charge in [-0.15, -0.1) is 0 Å². The van der Waals surface area contributed by atoms with Gasteiger partial charge in [-0.3, -0.25) is 0 Å². The van der Waals surface area contributed by atoms with Crippen molar-refractivity contribution in [1.29, 1.82) is 0 Å². The lowest BCUT2D eigenvalue weighted by Crippen LogP contribution is -2.65. The van der Waals surface area contributed by atoms with Crippen molar-refractivity contribution in [2.24, 2.45) is 0 Å². The average Bonchev–Trinajstić information content (AvgIpc) is 2.62. The number of aliphatic carboxylic acids is 2. The molecular weight excluding hydrogens is 388 g/mol. The minimum absolute atomic E-state index is 0. The van der Waals surface area contributed by atoms with Crippen LogP contribution >= 0.6 is 0 Å². The Morgan fingerprint density at radius 1 is 0.714 bits per heavy atom. The first-order chi connectivity index (χ1) is 12.6. The first-order valence-electron chi connectivity index (χ1n) is 7.83. The van der Waals surface area contributed by atoms with Gasteiger partial charge in [0, 0.05) is 14.2 Å². The third-order valence-electron chi connectivity index (χ3n) is 4.37. The van der Waals surface area contributed by atoms with Gasteiger partial charge in [0.15, 0.2) is 24.8 Å². The van der Waals surface area contributed by atoms with Crippen molar-refractivity contribution < 1.29 is 63.9 Å². The summed E-state index contributed by atoms with van der Waals surface area (Å²) in [5.74, 6) is -3.11. The second-order valence-electron chi connectivity index (χ2n) is 6.03. The molecule has 2 rings (SSSR count). The predicted octanol–water partition coefficient (Wildman–Crippen LogP) is -3.27. The van der Waals surface area contributed by atoms with Gasteiger partial charge in [0.2, 0.25) is 0 Å². The summed E-state index contributed by atoms with van der Waals surface area (Å²) in [7, 11) is 2.22. The highest BCUT2D eigenvalue weighted by molar-refractivity contribution is 5.74. The lowest BCUT2D eigenvalue weighted by Gasteiger charge is -2.45. The molecule has 4 unspecified atom stereocenters. The summed E-state index contributed by atoms with van der Waals surface area (Å²) in [6, 6.07) is 0. The van der Waals surface area contributed by atoms with Crippen LogP contribution in [0.1, 0.15) is 7.43 Å². The number of methoxy groups -OCH3 is 2. The van der Waals surface area contributed by atoms with Gasteiger partial charge in [-0.1, -0.05) is 7.43 Å². The summed E-state index contributed by atoms with van der Waals surface area (Å²) < 4.78 is 24.9. The number of hydrogen-bond acceptors (Lipinski definition) is 11. The molecule has 0 aliphatic carbocycles. The van der Waals surface area contributed by atoms with Crippen LogP contribution in [0.2, 0.25) is 0 Å². The molecule has 10 atom stereocenters. The molecule has 0 aromatic carbocycles. The van der Waals surface area contributed by atoms with E-state index in [4.69, 9.17) is 23.7 Å². The second kappa shape index (κ2) is 9.87. The normalized spacial score (nSPS) is 43.8. The molecule has 0 aromatic rings. The Morgan fingerprint density at radius 3 is 1.61 bits per heavy atom. The van der Waals surface area contributed by atoms with Crippen molar-refractivity contribution in [3.63, 3.8) is 0 Å². The van der Waals surface area contributed by atoms with Crippen LogP contribution in [-0.4, -0.2) is 118 Å². The highest BCUT2D eigenvalue weighted by atomic mass is 16.7. The smallest absolute Gasteiger partial charge is 0.335 e. The topological polar surface area (TPSA) is 202 Å². The van der Waals surface area contributed by atoms with Crippen LogP contribution in [0, 0.1) is 0 Å². The highest BCUT2D eigenvalue weighted by Crippen LogP contribution is 2.30. The molecule has 2 aliphatic rings. The molecule has 2 aliphatic heterocycles. The number of carboxylic acid groups (broad SMARTS) is 2. The van der Waals surface area contributed by atoms with Crippen LogP contribution in [0.25, 0.3) is 0 Å². The van der Waals surface area contributed by atoms with Gasteiger partial charge in [-0.2, -0.15) is 0 Å². The van der Waals surface area contributed by atoms with Gasteiger partial charge in [0.05, 0.1) is 0 Å². The summed E-state index contributed by atoms with van der Waals surface area (Å²) >= 11 is 0. The number of carboxylic acids is 2. The van der Waals surface area contributed by atoms with Gasteiger partial charge >= 0.3 is 11.9 Å². The van der Waals surface area contributed by atoms with E-state index < -0.39 is 73.4 Å². The number of carbonyl (C=O) groups is 2. The molecule has 2 fully saturated rings. The fourth-order valence-corrected chi connectivity index (χ4v) is 2.95. The van der Waals surface area contributed by atoms with Crippen molar-refractivity contribution in [2.75, 3.05) is 14.2 Å². The molecule has 6 N–H and O–H groups in total. The molecule has 13 heteroatoms. The maximum Gasteiger partial charge on any atom is 0.335 e. The Hall–Kier alpha value is -1.42. The van der Waals surface area contributed by atoms with Gasteiger partial charge in [0.1, 0.15) is 36.6 Å². The van der Waals surface area contributed by atoms with E-state index in [1.807, 2.05) is 0 Å². The van der Waals surface area contributed by atoms with Gasteiger partial charge < -0.3 is 54.3 Å². The van der Waals surface area contributed by atoms with Crippen molar-refractivity contribution in [1.82, 2.24) is 0 Å². The molecule has 2 saturated heterocycles. The van der Waals surface area contributed by atoms with Gasteiger partial charge in [0.25, 0.3) is 0 Å². The summed E-state index contributed by atoms with van der Waals surface area (Å²) in [6.07, 6.45) is -17.3. The summed E-state index contributed by atoms with van der Waals surface area (Å²) in [4.78, 5) is 22.7. The van der Waals surface area contributed by atoms with Crippen LogP contribution in [0.5, 0.6) is 0 Å². The summed E-state index contributed by atoms with van der Waals surface area (Å²) in [5, 5.41) is 58.7. The molecule has 0 spiro atoms. The Bertz CT molecular complexity index is 542. The molecule has 0 amide bonds. The molecule has 0 bridgehead atoms. The molecule has 28 heavy (non-hydrogen) atoms. The number of ether oxygens (including phenoxy) is 5. The van der Waals surface area contributed by atoms with E-state index in [0.717, 1.165) is 14.2 Å². The number of aliphatic hydroxyl groups is 4. The zero-order valence-electron chi connectivity index (χ0n) is 14.3. The zero-order chi connectivity index (χ0) is 20.5. The van der Waals surface area contributed by atoms with Gasteiger partial charge in [-0.25, -0.2) is 9.59 Å². The first kappa shape index (κ1) is 24.6. The van der Waals surface area contributed by atoms with Crippen LogP contribution in [0.3, 0.4) is 0 Å². The molecule has 0 radical (unpaired) electrons. The molecule has 0 aromatic heterocycles. The SMILES string of the molecule is C.CO[C@@H]1OC(C(=O)O)[C@@H](O[C@@H]2OC(C(=O)O)[C@H](OC)[C@@H](O)C2O)[C@@H](O)C1O. The van der Waals surface area contributed by atoms with E-state index in [9.17, 15) is 40.2 Å². The van der Waals surface area contributed by atoms with E-state index in [0.29, 0.717) is 0 Å². The molecule has 13 nitrogen and oxygen atoms in total. The number of rotatable bonds is 6. The van der Waals surface area contributed by atoms with Crippen molar-refractivity contribution in [3.8, 4) is 0 Å². The zero-order valence-corrected chi connectivity index (χ0v) is 14.3. The summed E-state index contributed by atoms with van der Waals surface area (Å²) in [6.45, 7) is 0. The monoisotopic (exact) mass is 414 g/mol. The minimum atomic E-state index is -1.86. The van der Waals surface area contributed by atoms with E-state index in [2.05, 4.69) is 0 Å². The fourth-order valence-electron chi connectivity index (χ4n) is 2.95. The molecule has 164 valence electrons.